The lowest BCUT2D eigenvalue weighted by molar-refractivity contribution is -0.129. The predicted octanol–water partition coefficient (Wildman–Crippen LogP) is 5.04. The van der Waals surface area contributed by atoms with Crippen molar-refractivity contribution in [2.24, 2.45) is 4.99 Å². The zero-order valence-electron chi connectivity index (χ0n) is 15.3. The molecular formula is C23H13ClFNO4. The van der Waals surface area contributed by atoms with E-state index in [1.54, 1.807) is 54.6 Å². The van der Waals surface area contributed by atoms with E-state index in [0.717, 1.165) is 0 Å². The third kappa shape index (κ3) is 4.14. The second-order valence-corrected chi connectivity index (χ2v) is 6.69. The van der Waals surface area contributed by atoms with Gasteiger partial charge in [-0.15, -0.1) is 0 Å². The van der Waals surface area contributed by atoms with E-state index in [9.17, 15) is 14.0 Å². The molecule has 3 aromatic rings. The minimum absolute atomic E-state index is 0.0387. The molecule has 0 fully saturated rings. The number of cyclic esters (lactones) is 1. The number of aliphatic imine (C=N–C) groups is 1. The Morgan fingerprint density at radius 3 is 2.47 bits per heavy atom. The fourth-order valence-electron chi connectivity index (χ4n) is 2.74. The van der Waals surface area contributed by atoms with Crippen LogP contribution in [0.5, 0.6) is 5.75 Å². The Bertz CT molecular complexity index is 1200. The Morgan fingerprint density at radius 1 is 1.00 bits per heavy atom. The van der Waals surface area contributed by atoms with Gasteiger partial charge in [-0.1, -0.05) is 41.9 Å². The molecule has 0 radical (unpaired) electrons. The van der Waals surface area contributed by atoms with Crippen LogP contribution >= 0.6 is 11.6 Å². The molecule has 30 heavy (non-hydrogen) atoms. The predicted molar refractivity (Wildman–Crippen MR) is 110 cm³/mol. The van der Waals surface area contributed by atoms with Crippen LogP contribution in [0.2, 0.25) is 5.02 Å². The van der Waals surface area contributed by atoms with Gasteiger partial charge in [0.2, 0.25) is 5.90 Å². The number of rotatable bonds is 4. The van der Waals surface area contributed by atoms with Gasteiger partial charge in [0.05, 0.1) is 11.1 Å². The Labute approximate surface area is 176 Å². The summed E-state index contributed by atoms with van der Waals surface area (Å²) in [6, 6.07) is 18.8. The lowest BCUT2D eigenvalue weighted by atomic mass is 10.1. The number of para-hydroxylation sites is 1. The average molecular weight is 422 g/mol. The number of carbonyl (C=O) groups excluding carboxylic acids is 2. The minimum Gasteiger partial charge on any atom is -0.422 e. The molecule has 0 aliphatic carbocycles. The molecule has 1 aliphatic heterocycles. The van der Waals surface area contributed by atoms with Crippen LogP contribution in [-0.4, -0.2) is 17.8 Å². The average Bonchev–Trinajstić information content (AvgIpc) is 3.10. The number of ether oxygens (including phenoxy) is 2. The normalized spacial score (nSPS) is 14.4. The summed E-state index contributed by atoms with van der Waals surface area (Å²) in [5.41, 5.74) is 0.798. The standard InChI is InChI=1S/C23H13ClFNO4/c24-16-11-9-14(10-12-16)22(27)29-20-8-4-1-5-15(20)13-19-23(28)30-21(26-19)17-6-2-3-7-18(17)25/h1-13H/b19-13-. The molecule has 0 aromatic heterocycles. The fraction of sp³-hybridized carbons (Fsp3) is 0. The van der Waals surface area contributed by atoms with Gasteiger partial charge in [-0.3, -0.25) is 0 Å². The maximum absolute atomic E-state index is 14.0. The summed E-state index contributed by atoms with van der Waals surface area (Å²) < 4.78 is 24.5. The first kappa shape index (κ1) is 19.5. The number of carbonyl (C=O) groups is 2. The Morgan fingerprint density at radius 2 is 1.70 bits per heavy atom. The first-order valence-electron chi connectivity index (χ1n) is 8.85. The van der Waals surface area contributed by atoms with Crippen molar-refractivity contribution >= 4 is 35.5 Å². The van der Waals surface area contributed by atoms with Crippen LogP contribution < -0.4 is 4.74 Å². The molecular weight excluding hydrogens is 409 g/mol. The summed E-state index contributed by atoms with van der Waals surface area (Å²) in [6.07, 6.45) is 1.42. The van der Waals surface area contributed by atoms with Crippen LogP contribution in [0.4, 0.5) is 4.39 Å². The molecule has 1 heterocycles. The molecule has 3 aromatic carbocycles. The van der Waals surface area contributed by atoms with Crippen LogP contribution in [0.3, 0.4) is 0 Å². The summed E-state index contributed by atoms with van der Waals surface area (Å²) in [5.74, 6) is -1.76. The number of hydrogen-bond acceptors (Lipinski definition) is 5. The van der Waals surface area contributed by atoms with Crippen LogP contribution in [0.15, 0.2) is 83.5 Å². The topological polar surface area (TPSA) is 65.0 Å². The van der Waals surface area contributed by atoms with Gasteiger partial charge in [-0.2, -0.15) is 0 Å². The van der Waals surface area contributed by atoms with Crippen molar-refractivity contribution in [3.8, 4) is 5.75 Å². The highest BCUT2D eigenvalue weighted by atomic mass is 35.5. The van der Waals surface area contributed by atoms with Crippen LogP contribution in [-0.2, 0) is 9.53 Å². The van der Waals surface area contributed by atoms with Crippen LogP contribution in [0, 0.1) is 5.82 Å². The van der Waals surface area contributed by atoms with E-state index >= 15 is 0 Å². The number of benzene rings is 3. The second kappa shape index (κ2) is 8.31. The van der Waals surface area contributed by atoms with Crippen molar-refractivity contribution in [3.05, 3.63) is 106 Å². The van der Waals surface area contributed by atoms with Crippen LogP contribution in [0.25, 0.3) is 6.08 Å². The number of halogens is 2. The molecule has 0 amide bonds. The summed E-state index contributed by atoms with van der Waals surface area (Å²) in [4.78, 5) is 28.7. The summed E-state index contributed by atoms with van der Waals surface area (Å²) in [5, 5.41) is 0.500. The summed E-state index contributed by atoms with van der Waals surface area (Å²) in [7, 11) is 0. The molecule has 0 N–H and O–H groups in total. The van der Waals surface area contributed by atoms with Crippen LogP contribution in [0.1, 0.15) is 21.5 Å². The molecule has 0 saturated carbocycles. The highest BCUT2D eigenvalue weighted by molar-refractivity contribution is 6.30. The van der Waals surface area contributed by atoms with Crippen molar-refractivity contribution in [1.82, 2.24) is 0 Å². The second-order valence-electron chi connectivity index (χ2n) is 6.25. The molecule has 0 spiro atoms. The monoisotopic (exact) mass is 421 g/mol. The third-order valence-electron chi connectivity index (χ3n) is 4.22. The number of esters is 2. The Hall–Kier alpha value is -3.77. The van der Waals surface area contributed by atoms with E-state index in [0.29, 0.717) is 16.1 Å². The number of nitrogens with zero attached hydrogens (tertiary/aromatic N) is 1. The highest BCUT2D eigenvalue weighted by Gasteiger charge is 2.26. The molecule has 0 saturated heterocycles. The van der Waals surface area contributed by atoms with Gasteiger partial charge in [0, 0.05) is 10.6 Å². The first-order chi connectivity index (χ1) is 14.5. The van der Waals surface area contributed by atoms with E-state index in [1.807, 2.05) is 0 Å². The maximum Gasteiger partial charge on any atom is 0.363 e. The third-order valence-corrected chi connectivity index (χ3v) is 4.47. The van der Waals surface area contributed by atoms with Crippen molar-refractivity contribution in [2.45, 2.75) is 0 Å². The molecule has 4 rings (SSSR count). The molecule has 7 heteroatoms. The van der Waals surface area contributed by atoms with Crippen molar-refractivity contribution in [3.63, 3.8) is 0 Å². The summed E-state index contributed by atoms with van der Waals surface area (Å²) >= 11 is 5.84. The SMILES string of the molecule is O=C1OC(c2ccccc2F)=N/C1=C\c1ccccc1OC(=O)c1ccc(Cl)cc1. The first-order valence-corrected chi connectivity index (χ1v) is 9.23. The van der Waals surface area contributed by atoms with Gasteiger partial charge in [0.15, 0.2) is 5.70 Å². The molecule has 0 unspecified atom stereocenters. The van der Waals surface area contributed by atoms with Gasteiger partial charge < -0.3 is 9.47 Å². The van der Waals surface area contributed by atoms with Crippen molar-refractivity contribution in [1.29, 1.82) is 0 Å². The Kier molecular flexibility index (Phi) is 5.41. The van der Waals surface area contributed by atoms with Crippen molar-refractivity contribution < 1.29 is 23.5 Å². The quantitative estimate of drug-likeness (QED) is 0.336. The summed E-state index contributed by atoms with van der Waals surface area (Å²) in [6.45, 7) is 0. The maximum atomic E-state index is 14.0. The molecule has 0 atom stereocenters. The largest absolute Gasteiger partial charge is 0.422 e. The van der Waals surface area contributed by atoms with Gasteiger partial charge in [0.1, 0.15) is 11.6 Å². The van der Waals surface area contributed by atoms with Gasteiger partial charge >= 0.3 is 11.9 Å². The lowest BCUT2D eigenvalue weighted by Crippen LogP contribution is -2.09. The molecule has 0 bridgehead atoms. The highest BCUT2D eigenvalue weighted by Crippen LogP contribution is 2.26. The van der Waals surface area contributed by atoms with Gasteiger partial charge in [-0.25, -0.2) is 19.0 Å². The Balaban J connectivity index is 1.63. The molecule has 148 valence electrons. The fourth-order valence-corrected chi connectivity index (χ4v) is 2.87. The molecule has 1 aliphatic rings. The van der Waals surface area contributed by atoms with Gasteiger partial charge in [-0.05, 0) is 48.5 Å². The van der Waals surface area contributed by atoms with Gasteiger partial charge in [0.25, 0.3) is 0 Å². The zero-order chi connectivity index (χ0) is 21.1. The lowest BCUT2D eigenvalue weighted by Gasteiger charge is -2.07. The van der Waals surface area contributed by atoms with E-state index in [4.69, 9.17) is 21.1 Å². The minimum atomic E-state index is -0.730. The molecule has 5 nitrogen and oxygen atoms in total. The van der Waals surface area contributed by atoms with Crippen molar-refractivity contribution in [2.75, 3.05) is 0 Å². The zero-order valence-corrected chi connectivity index (χ0v) is 16.1. The van der Waals surface area contributed by atoms with E-state index in [2.05, 4.69) is 4.99 Å². The van der Waals surface area contributed by atoms with E-state index in [-0.39, 0.29) is 22.9 Å². The van der Waals surface area contributed by atoms with E-state index < -0.39 is 17.8 Å². The number of hydrogen-bond donors (Lipinski definition) is 0. The smallest absolute Gasteiger partial charge is 0.363 e. The van der Waals surface area contributed by atoms with E-state index in [1.165, 1.54) is 24.3 Å².